The maximum absolute atomic E-state index is 14.1. The molecule has 0 aliphatic carbocycles. The van der Waals surface area contributed by atoms with Gasteiger partial charge in [-0.2, -0.15) is 0 Å². The molecular formula is C39H39NO9. The van der Waals surface area contributed by atoms with Crippen LogP contribution in [0.4, 0.5) is 0 Å². The molecule has 0 saturated carbocycles. The first-order valence-electron chi connectivity index (χ1n) is 15.2. The average Bonchev–Trinajstić information content (AvgIpc) is 3.07. The van der Waals surface area contributed by atoms with Crippen LogP contribution in [0.3, 0.4) is 0 Å². The van der Waals surface area contributed by atoms with E-state index in [-0.39, 0.29) is 48.6 Å². The largest absolute Gasteiger partial charge is 0.460 e. The Balaban J connectivity index is 2.03. The lowest BCUT2D eigenvalue weighted by atomic mass is 9.95. The fraction of sp³-hybridized carbons (Fsp3) is 0.205. The lowest BCUT2D eigenvalue weighted by Crippen LogP contribution is -2.37. The lowest BCUT2D eigenvalue weighted by molar-refractivity contribution is -0.139. The maximum atomic E-state index is 14.1. The molecule has 1 amide bonds. The van der Waals surface area contributed by atoms with E-state index in [2.05, 4.69) is 26.3 Å². The molecule has 254 valence electrons. The number of esters is 4. The number of carbonyl (C=O) groups is 5. The number of ether oxygens (including phenoxy) is 4. The first-order chi connectivity index (χ1) is 23.2. The molecule has 0 atom stereocenters. The fourth-order valence-corrected chi connectivity index (χ4v) is 4.14. The summed E-state index contributed by atoms with van der Waals surface area (Å²) < 4.78 is 21.1. The van der Waals surface area contributed by atoms with Crippen LogP contribution in [0.1, 0.15) is 38.1 Å². The smallest absolute Gasteiger partial charge is 0.338 e. The summed E-state index contributed by atoms with van der Waals surface area (Å²) in [5, 5.41) is 0. The molecule has 3 aromatic rings. The third kappa shape index (κ3) is 11.0. The molecule has 0 heterocycles. The van der Waals surface area contributed by atoms with Crippen LogP contribution in [-0.4, -0.2) is 61.0 Å². The van der Waals surface area contributed by atoms with Gasteiger partial charge in [0.25, 0.3) is 5.91 Å². The number of hydrogen-bond acceptors (Lipinski definition) is 9. The van der Waals surface area contributed by atoms with E-state index in [1.165, 1.54) is 18.7 Å². The number of rotatable bonds is 15. The minimum absolute atomic E-state index is 0.00755. The van der Waals surface area contributed by atoms with E-state index >= 15 is 0 Å². The Kier molecular flexibility index (Phi) is 13.1. The third-order valence-electron chi connectivity index (χ3n) is 6.85. The highest BCUT2D eigenvalue weighted by atomic mass is 16.5. The highest BCUT2D eigenvalue weighted by Crippen LogP contribution is 2.31. The van der Waals surface area contributed by atoms with Crippen molar-refractivity contribution in [1.82, 2.24) is 4.90 Å². The minimum atomic E-state index is -0.597. The highest BCUT2D eigenvalue weighted by Gasteiger charge is 2.20. The quantitative estimate of drug-likeness (QED) is 0.0995. The van der Waals surface area contributed by atoms with Crippen LogP contribution in [0.5, 0.6) is 11.5 Å². The normalized spacial score (nSPS) is 10.3. The summed E-state index contributed by atoms with van der Waals surface area (Å²) in [5.41, 5.74) is 4.00. The van der Waals surface area contributed by atoms with Gasteiger partial charge in [-0.05, 0) is 92.4 Å². The van der Waals surface area contributed by atoms with Gasteiger partial charge in [0.1, 0.15) is 24.7 Å². The van der Waals surface area contributed by atoms with E-state index in [1.807, 2.05) is 6.07 Å². The van der Waals surface area contributed by atoms with Gasteiger partial charge < -0.3 is 23.8 Å². The summed E-state index contributed by atoms with van der Waals surface area (Å²) >= 11 is 0. The van der Waals surface area contributed by atoms with Gasteiger partial charge in [0, 0.05) is 27.9 Å². The number of hydrogen-bond donors (Lipinski definition) is 0. The number of benzene rings is 3. The van der Waals surface area contributed by atoms with Gasteiger partial charge in [0.2, 0.25) is 0 Å². The molecule has 0 N–H and O–H groups in total. The number of nitrogens with zero attached hydrogens (tertiary/aromatic N) is 1. The van der Waals surface area contributed by atoms with Gasteiger partial charge in [0.05, 0.1) is 13.1 Å². The number of carbonyl (C=O) groups excluding carboxylic acids is 5. The zero-order valence-electron chi connectivity index (χ0n) is 28.1. The van der Waals surface area contributed by atoms with Gasteiger partial charge in [-0.3, -0.25) is 4.79 Å². The van der Waals surface area contributed by atoms with Crippen LogP contribution in [0, 0.1) is 0 Å². The fourth-order valence-electron chi connectivity index (χ4n) is 4.14. The van der Waals surface area contributed by atoms with Gasteiger partial charge in [-0.15, -0.1) is 0 Å². The predicted octanol–water partition coefficient (Wildman–Crippen LogP) is 6.66. The van der Waals surface area contributed by atoms with E-state index in [9.17, 15) is 24.0 Å². The molecule has 0 fully saturated rings. The summed E-state index contributed by atoms with van der Waals surface area (Å²) in [6.07, 6.45) is 0. The Morgan fingerprint density at radius 1 is 0.510 bits per heavy atom. The molecule has 10 nitrogen and oxygen atoms in total. The Hall–Kier alpha value is -6.03. The standard InChI is InChI=1S/C39H39NO9/c1-24(2)36(42)46-19-17-40(18-20-47-37(43)25(3)4)35(41)32-22-30(28-9-13-33(14-10-28)48-38(44)26(5)6)21-31(23-32)29-11-15-34(16-12-29)49-39(45)27(7)8/h9-16,21-23H,1,3,5,7,17-20H2,2,4,6,8H3. The molecule has 3 rings (SSSR count). The monoisotopic (exact) mass is 665 g/mol. The Morgan fingerprint density at radius 3 is 1.18 bits per heavy atom. The van der Waals surface area contributed by atoms with Crippen molar-refractivity contribution in [2.45, 2.75) is 27.7 Å². The summed E-state index contributed by atoms with van der Waals surface area (Å²) in [4.78, 5) is 63.5. The van der Waals surface area contributed by atoms with E-state index in [0.29, 0.717) is 28.2 Å². The van der Waals surface area contributed by atoms with Gasteiger partial charge in [0.15, 0.2) is 0 Å². The third-order valence-corrected chi connectivity index (χ3v) is 6.85. The molecule has 0 aliphatic heterocycles. The summed E-state index contributed by atoms with van der Waals surface area (Å²) in [6.45, 7) is 20.3. The van der Waals surface area contributed by atoms with Crippen molar-refractivity contribution in [1.29, 1.82) is 0 Å². The highest BCUT2D eigenvalue weighted by molar-refractivity contribution is 5.97. The van der Waals surface area contributed by atoms with Crippen LogP contribution in [0.25, 0.3) is 22.3 Å². The molecule has 10 heteroatoms. The molecule has 49 heavy (non-hydrogen) atoms. The molecule has 0 radical (unpaired) electrons. The Labute approximate surface area is 285 Å². The van der Waals surface area contributed by atoms with Crippen molar-refractivity contribution in [2.24, 2.45) is 0 Å². The van der Waals surface area contributed by atoms with Crippen molar-refractivity contribution in [3.05, 3.63) is 121 Å². The molecule has 0 bridgehead atoms. The van der Waals surface area contributed by atoms with Crippen LogP contribution >= 0.6 is 0 Å². The molecule has 0 aliphatic rings. The maximum Gasteiger partial charge on any atom is 0.338 e. The summed E-state index contributed by atoms with van der Waals surface area (Å²) in [5.74, 6) is -2.07. The average molecular weight is 666 g/mol. The predicted molar refractivity (Wildman–Crippen MR) is 186 cm³/mol. The molecule has 0 unspecified atom stereocenters. The second kappa shape index (κ2) is 17.2. The van der Waals surface area contributed by atoms with E-state index in [0.717, 1.165) is 11.1 Å². The van der Waals surface area contributed by atoms with Gasteiger partial charge >= 0.3 is 23.9 Å². The van der Waals surface area contributed by atoms with Gasteiger partial charge in [-0.25, -0.2) is 19.2 Å². The molecular weight excluding hydrogens is 626 g/mol. The molecule has 0 spiro atoms. The van der Waals surface area contributed by atoms with Crippen molar-refractivity contribution >= 4 is 29.8 Å². The first-order valence-corrected chi connectivity index (χ1v) is 15.2. The van der Waals surface area contributed by atoms with Crippen LogP contribution in [0.15, 0.2) is 115 Å². The Bertz CT molecular complexity index is 1680. The topological polar surface area (TPSA) is 126 Å². The first kappa shape index (κ1) is 37.4. The minimum Gasteiger partial charge on any atom is -0.460 e. The van der Waals surface area contributed by atoms with Gasteiger partial charge in [-0.1, -0.05) is 50.6 Å². The van der Waals surface area contributed by atoms with Crippen molar-refractivity contribution in [2.75, 3.05) is 26.3 Å². The number of amides is 1. The zero-order valence-corrected chi connectivity index (χ0v) is 28.1. The van der Waals surface area contributed by atoms with Crippen LogP contribution in [0.2, 0.25) is 0 Å². The van der Waals surface area contributed by atoms with Crippen molar-refractivity contribution in [3.63, 3.8) is 0 Å². The second-order valence-electron chi connectivity index (χ2n) is 11.3. The van der Waals surface area contributed by atoms with Crippen molar-refractivity contribution < 1.29 is 42.9 Å². The van der Waals surface area contributed by atoms with Crippen LogP contribution in [-0.2, 0) is 28.7 Å². The van der Waals surface area contributed by atoms with Crippen LogP contribution < -0.4 is 9.47 Å². The van der Waals surface area contributed by atoms with E-state index in [4.69, 9.17) is 18.9 Å². The second-order valence-corrected chi connectivity index (χ2v) is 11.3. The summed E-state index contributed by atoms with van der Waals surface area (Å²) in [6, 6.07) is 18.8. The Morgan fingerprint density at radius 2 is 0.857 bits per heavy atom. The van der Waals surface area contributed by atoms with E-state index < -0.39 is 29.8 Å². The SMILES string of the molecule is C=C(C)C(=O)OCCN(CCOC(=O)C(=C)C)C(=O)c1cc(-c2ccc(OC(=O)C(=C)C)cc2)cc(-c2ccc(OC(=O)C(=C)C)cc2)c1. The van der Waals surface area contributed by atoms with Crippen molar-refractivity contribution in [3.8, 4) is 33.8 Å². The molecule has 0 saturated heterocycles. The zero-order chi connectivity index (χ0) is 36.2. The summed E-state index contributed by atoms with van der Waals surface area (Å²) in [7, 11) is 0. The molecule has 0 aromatic heterocycles. The van der Waals surface area contributed by atoms with E-state index in [1.54, 1.807) is 74.5 Å². The lowest BCUT2D eigenvalue weighted by Gasteiger charge is -2.23. The molecule has 3 aromatic carbocycles.